The first-order chi connectivity index (χ1) is 7.94. The normalized spacial score (nSPS) is 15.7. The van der Waals surface area contributed by atoms with Gasteiger partial charge in [-0.15, -0.1) is 0 Å². The summed E-state index contributed by atoms with van der Waals surface area (Å²) in [6.45, 7) is 1.49. The number of nitrogens with one attached hydrogen (secondary N) is 1. The van der Waals surface area contributed by atoms with Crippen LogP contribution in [-0.2, 0) is 14.1 Å². The van der Waals surface area contributed by atoms with E-state index in [-0.39, 0.29) is 0 Å². The molecule has 2 atom stereocenters. The smallest absolute Gasteiger partial charge is 0.388 e. The van der Waals surface area contributed by atoms with Crippen LogP contribution in [-0.4, -0.2) is 19.1 Å². The first-order valence-corrected chi connectivity index (χ1v) is 6.63. The van der Waals surface area contributed by atoms with Crippen molar-refractivity contribution < 1.29 is 18.6 Å². The Morgan fingerprint density at radius 3 is 2.53 bits per heavy atom. The number of rotatable bonds is 5. The van der Waals surface area contributed by atoms with Gasteiger partial charge < -0.3 is 9.26 Å². The van der Waals surface area contributed by atoms with E-state index in [0.29, 0.717) is 5.75 Å². The summed E-state index contributed by atoms with van der Waals surface area (Å²) in [5.74, 6) is -0.199. The van der Waals surface area contributed by atoms with Gasteiger partial charge in [0.1, 0.15) is 11.8 Å². The third kappa shape index (κ3) is 4.56. The molecule has 0 amide bonds. The standard InChI is InChI=1S/C10H15N2O4P/c1-8(10(13)15-2)12-17(11,14)16-9-6-4-3-5-7-9/h3-8H,1-2H3,(H3,11,12,14)/t8-,17?/m0/s1. The molecule has 0 fully saturated rings. The lowest BCUT2D eigenvalue weighted by Crippen LogP contribution is -2.36. The molecule has 3 N–H and O–H groups in total. The molecule has 0 heterocycles. The monoisotopic (exact) mass is 258 g/mol. The summed E-state index contributed by atoms with van der Waals surface area (Å²) in [4.78, 5) is 11.1. The van der Waals surface area contributed by atoms with E-state index in [4.69, 9.17) is 10.0 Å². The van der Waals surface area contributed by atoms with Crippen LogP contribution in [0.3, 0.4) is 0 Å². The van der Waals surface area contributed by atoms with Gasteiger partial charge in [0.15, 0.2) is 0 Å². The van der Waals surface area contributed by atoms with Gasteiger partial charge in [0.05, 0.1) is 7.11 Å². The molecule has 1 unspecified atom stereocenters. The second-order valence-corrected chi connectivity index (χ2v) is 5.01. The molecule has 0 aliphatic rings. The molecule has 0 saturated carbocycles. The second-order valence-electron chi connectivity index (χ2n) is 3.38. The molecule has 0 bridgehead atoms. The van der Waals surface area contributed by atoms with Crippen LogP contribution in [0, 0.1) is 0 Å². The fraction of sp³-hybridized carbons (Fsp3) is 0.300. The molecule has 0 aliphatic heterocycles. The Labute approximate surface area is 99.7 Å². The number of para-hydroxylation sites is 1. The number of benzene rings is 1. The maximum atomic E-state index is 11.9. The van der Waals surface area contributed by atoms with Crippen LogP contribution in [0.4, 0.5) is 0 Å². The summed E-state index contributed by atoms with van der Waals surface area (Å²) in [5.41, 5.74) is 5.46. The van der Waals surface area contributed by atoms with Crippen LogP contribution in [0.1, 0.15) is 6.92 Å². The van der Waals surface area contributed by atoms with Crippen LogP contribution in [0.2, 0.25) is 0 Å². The second kappa shape index (κ2) is 5.82. The zero-order valence-electron chi connectivity index (χ0n) is 9.62. The molecule has 94 valence electrons. The Morgan fingerprint density at radius 1 is 1.41 bits per heavy atom. The molecule has 0 radical (unpaired) electrons. The van der Waals surface area contributed by atoms with Gasteiger partial charge in [-0.05, 0) is 19.1 Å². The van der Waals surface area contributed by atoms with Crippen molar-refractivity contribution in [3.63, 3.8) is 0 Å². The third-order valence-electron chi connectivity index (χ3n) is 1.91. The molecule has 7 heteroatoms. The van der Waals surface area contributed by atoms with Gasteiger partial charge >= 0.3 is 13.6 Å². The summed E-state index contributed by atoms with van der Waals surface area (Å²) in [6.07, 6.45) is 0. The fourth-order valence-electron chi connectivity index (χ4n) is 1.16. The highest BCUT2D eigenvalue weighted by Gasteiger charge is 2.25. The zero-order valence-corrected chi connectivity index (χ0v) is 10.5. The van der Waals surface area contributed by atoms with Crippen molar-refractivity contribution in [2.75, 3.05) is 7.11 Å². The summed E-state index contributed by atoms with van der Waals surface area (Å²) in [7, 11) is -2.35. The van der Waals surface area contributed by atoms with Gasteiger partial charge in [-0.2, -0.15) is 0 Å². The van der Waals surface area contributed by atoms with Crippen molar-refractivity contribution in [2.45, 2.75) is 13.0 Å². The first kappa shape index (κ1) is 13.7. The van der Waals surface area contributed by atoms with Gasteiger partial charge in [0.2, 0.25) is 0 Å². The maximum absolute atomic E-state index is 11.9. The molecule has 0 spiro atoms. The quantitative estimate of drug-likeness (QED) is 0.610. The lowest BCUT2D eigenvalue weighted by molar-refractivity contribution is -0.142. The van der Waals surface area contributed by atoms with Crippen LogP contribution in [0.25, 0.3) is 0 Å². The van der Waals surface area contributed by atoms with E-state index in [1.54, 1.807) is 30.3 Å². The number of carbonyl (C=O) groups excluding carboxylic acids is 1. The molecule has 17 heavy (non-hydrogen) atoms. The third-order valence-corrected chi connectivity index (χ3v) is 3.14. The van der Waals surface area contributed by atoms with Gasteiger partial charge in [-0.25, -0.2) is 15.2 Å². The number of hydrogen-bond acceptors (Lipinski definition) is 4. The summed E-state index contributed by atoms with van der Waals surface area (Å²) in [6, 6.07) is 7.66. The van der Waals surface area contributed by atoms with Gasteiger partial charge in [0.25, 0.3) is 0 Å². The topological polar surface area (TPSA) is 90.6 Å². The molecular weight excluding hydrogens is 243 g/mol. The van der Waals surface area contributed by atoms with Gasteiger partial charge in [-0.3, -0.25) is 4.79 Å². The number of nitrogens with two attached hydrogens (primary N) is 1. The lowest BCUT2D eigenvalue weighted by Gasteiger charge is -2.18. The van der Waals surface area contributed by atoms with E-state index in [9.17, 15) is 9.36 Å². The molecule has 1 aromatic carbocycles. The average molecular weight is 258 g/mol. The highest BCUT2D eigenvalue weighted by Crippen LogP contribution is 2.34. The first-order valence-electron chi connectivity index (χ1n) is 4.93. The summed E-state index contributed by atoms with van der Waals surface area (Å²) < 4.78 is 21.4. The van der Waals surface area contributed by atoms with Crippen LogP contribution < -0.4 is 15.1 Å². The molecule has 1 rings (SSSR count). The molecule has 0 aliphatic carbocycles. The average Bonchev–Trinajstić information content (AvgIpc) is 2.27. The van der Waals surface area contributed by atoms with E-state index < -0.39 is 19.7 Å². The Hall–Kier alpha value is -1.36. The summed E-state index contributed by atoms with van der Waals surface area (Å²) >= 11 is 0. The Bertz CT molecular complexity index is 424. The predicted octanol–water partition coefficient (Wildman–Crippen LogP) is 1.28. The largest absolute Gasteiger partial charge is 0.468 e. The van der Waals surface area contributed by atoms with E-state index in [1.165, 1.54) is 14.0 Å². The van der Waals surface area contributed by atoms with Crippen LogP contribution in [0.15, 0.2) is 30.3 Å². The van der Waals surface area contributed by atoms with Gasteiger partial charge in [-0.1, -0.05) is 18.2 Å². The van der Waals surface area contributed by atoms with E-state index in [1.807, 2.05) is 0 Å². The van der Waals surface area contributed by atoms with Crippen molar-refractivity contribution in [3.8, 4) is 5.75 Å². The number of methoxy groups -OCH3 is 1. The molecule has 6 nitrogen and oxygen atoms in total. The Kier molecular flexibility index (Phi) is 4.69. The zero-order chi connectivity index (χ0) is 12.9. The minimum absolute atomic E-state index is 0.364. The molecular formula is C10H15N2O4P. The van der Waals surface area contributed by atoms with Crippen molar-refractivity contribution >= 4 is 13.6 Å². The fourth-order valence-corrected chi connectivity index (χ4v) is 2.30. The molecule has 0 saturated heterocycles. The van der Waals surface area contributed by atoms with E-state index in [2.05, 4.69) is 9.82 Å². The number of carbonyl (C=O) groups is 1. The Balaban J connectivity index is 2.63. The summed E-state index contributed by atoms with van der Waals surface area (Å²) in [5, 5.41) is 2.39. The Morgan fingerprint density at radius 2 is 2.00 bits per heavy atom. The predicted molar refractivity (Wildman–Crippen MR) is 63.5 cm³/mol. The number of hydrogen-bond donors (Lipinski definition) is 2. The maximum Gasteiger partial charge on any atom is 0.388 e. The highest BCUT2D eigenvalue weighted by atomic mass is 31.2. The van der Waals surface area contributed by atoms with Gasteiger partial charge in [0, 0.05) is 0 Å². The SMILES string of the molecule is COC(=O)[C@H](C)NP(N)(=O)Oc1ccccc1. The van der Waals surface area contributed by atoms with Crippen LogP contribution >= 0.6 is 7.67 Å². The van der Waals surface area contributed by atoms with E-state index >= 15 is 0 Å². The van der Waals surface area contributed by atoms with E-state index in [0.717, 1.165) is 0 Å². The van der Waals surface area contributed by atoms with Crippen LogP contribution in [0.5, 0.6) is 5.75 Å². The lowest BCUT2D eigenvalue weighted by atomic mass is 10.3. The van der Waals surface area contributed by atoms with Crippen molar-refractivity contribution in [1.82, 2.24) is 5.09 Å². The number of ether oxygens (including phenoxy) is 1. The highest BCUT2D eigenvalue weighted by molar-refractivity contribution is 7.54. The minimum atomic E-state index is -3.59. The van der Waals surface area contributed by atoms with Crippen molar-refractivity contribution in [1.29, 1.82) is 0 Å². The number of esters is 1. The minimum Gasteiger partial charge on any atom is -0.468 e. The molecule has 1 aromatic rings. The van der Waals surface area contributed by atoms with Crippen molar-refractivity contribution in [3.05, 3.63) is 30.3 Å². The molecule has 0 aromatic heterocycles. The van der Waals surface area contributed by atoms with Crippen molar-refractivity contribution in [2.24, 2.45) is 5.50 Å².